The van der Waals surface area contributed by atoms with Gasteiger partial charge >= 0.3 is 5.97 Å². The van der Waals surface area contributed by atoms with Crippen LogP contribution >= 0.6 is 0 Å². The van der Waals surface area contributed by atoms with Crippen molar-refractivity contribution < 1.29 is 18.9 Å². The second-order valence-electron chi connectivity index (χ2n) is 4.58. The maximum atomic E-state index is 11.9. The van der Waals surface area contributed by atoms with E-state index in [0.717, 1.165) is 12.8 Å². The summed E-state index contributed by atoms with van der Waals surface area (Å²) in [6.07, 6.45) is 1.65. The van der Waals surface area contributed by atoms with Crippen molar-refractivity contribution in [1.82, 2.24) is 5.32 Å². The molecule has 6 heteroatoms. The van der Waals surface area contributed by atoms with Crippen LogP contribution in [-0.2, 0) is 20.4 Å². The minimum absolute atomic E-state index is 0.0525. The van der Waals surface area contributed by atoms with Crippen LogP contribution in [0.25, 0.3) is 0 Å². The molecule has 0 bridgehead atoms. The van der Waals surface area contributed by atoms with Crippen molar-refractivity contribution in [1.29, 1.82) is 0 Å². The zero-order chi connectivity index (χ0) is 14.3. The van der Waals surface area contributed by atoms with Crippen molar-refractivity contribution in [3.05, 3.63) is 0 Å². The van der Waals surface area contributed by atoms with Crippen LogP contribution in [0.3, 0.4) is 0 Å². The molecule has 0 aliphatic heterocycles. The second kappa shape index (κ2) is 8.24. The largest absolute Gasteiger partial charge is 0.481 e. The fraction of sp³-hybridized carbons (Fsp3) is 0.833. The second-order valence-corrected chi connectivity index (χ2v) is 6.75. The molecule has 0 saturated carbocycles. The number of carbonyl (C=O) groups excluding carboxylic acids is 1. The van der Waals surface area contributed by atoms with Gasteiger partial charge in [-0.2, -0.15) is 0 Å². The van der Waals surface area contributed by atoms with Gasteiger partial charge in [-0.05, 0) is 20.3 Å². The SMILES string of the molecule is CCCC(C)NC(=O)C(C)S(=O)C(C)CC(=O)O. The van der Waals surface area contributed by atoms with Gasteiger partial charge in [-0.25, -0.2) is 0 Å². The quantitative estimate of drug-likeness (QED) is 0.700. The van der Waals surface area contributed by atoms with Gasteiger partial charge in [0.1, 0.15) is 5.25 Å². The Morgan fingerprint density at radius 1 is 1.28 bits per heavy atom. The van der Waals surface area contributed by atoms with E-state index in [1.165, 1.54) is 0 Å². The van der Waals surface area contributed by atoms with Gasteiger partial charge in [-0.3, -0.25) is 13.8 Å². The first-order valence-corrected chi connectivity index (χ1v) is 7.48. The lowest BCUT2D eigenvalue weighted by atomic mass is 10.2. The van der Waals surface area contributed by atoms with Gasteiger partial charge in [0.25, 0.3) is 0 Å². The molecule has 0 spiro atoms. The molecule has 0 rings (SSSR count). The van der Waals surface area contributed by atoms with E-state index in [2.05, 4.69) is 5.32 Å². The van der Waals surface area contributed by atoms with Crippen LogP contribution in [0.4, 0.5) is 0 Å². The Labute approximate surface area is 111 Å². The fourth-order valence-electron chi connectivity index (χ4n) is 1.65. The number of carboxylic acid groups (broad SMARTS) is 1. The van der Waals surface area contributed by atoms with Crippen LogP contribution < -0.4 is 5.32 Å². The van der Waals surface area contributed by atoms with Crippen molar-refractivity contribution in [3.8, 4) is 0 Å². The number of aliphatic carboxylic acids is 1. The van der Waals surface area contributed by atoms with Crippen molar-refractivity contribution >= 4 is 22.7 Å². The minimum atomic E-state index is -1.47. The zero-order valence-corrected chi connectivity index (χ0v) is 12.3. The van der Waals surface area contributed by atoms with Crippen LogP contribution in [-0.4, -0.2) is 37.7 Å². The number of amides is 1. The molecule has 2 N–H and O–H groups in total. The molecule has 4 unspecified atom stereocenters. The van der Waals surface area contributed by atoms with Gasteiger partial charge in [0.15, 0.2) is 0 Å². The first-order valence-electron chi connectivity index (χ1n) is 6.21. The summed E-state index contributed by atoms with van der Waals surface area (Å²) in [7, 11) is -1.47. The van der Waals surface area contributed by atoms with E-state index in [0.29, 0.717) is 0 Å². The van der Waals surface area contributed by atoms with Crippen molar-refractivity contribution in [2.45, 2.75) is 63.5 Å². The molecule has 18 heavy (non-hydrogen) atoms. The molecule has 0 aliphatic rings. The molecule has 0 aromatic heterocycles. The Morgan fingerprint density at radius 3 is 2.28 bits per heavy atom. The lowest BCUT2D eigenvalue weighted by Gasteiger charge is -2.19. The average Bonchev–Trinajstić information content (AvgIpc) is 2.26. The monoisotopic (exact) mass is 277 g/mol. The highest BCUT2D eigenvalue weighted by molar-refractivity contribution is 7.87. The Balaban J connectivity index is 4.36. The molecule has 0 radical (unpaired) electrons. The maximum absolute atomic E-state index is 11.9. The van der Waals surface area contributed by atoms with E-state index in [9.17, 15) is 13.8 Å². The Kier molecular flexibility index (Phi) is 7.82. The van der Waals surface area contributed by atoms with E-state index in [4.69, 9.17) is 5.11 Å². The molecule has 0 aliphatic carbocycles. The van der Waals surface area contributed by atoms with Crippen LogP contribution in [0.2, 0.25) is 0 Å². The van der Waals surface area contributed by atoms with Gasteiger partial charge in [0.05, 0.1) is 6.42 Å². The summed E-state index contributed by atoms with van der Waals surface area (Å²) in [5.74, 6) is -1.27. The molecule has 106 valence electrons. The van der Waals surface area contributed by atoms with E-state index in [1.807, 2.05) is 13.8 Å². The van der Waals surface area contributed by atoms with Gasteiger partial charge in [0, 0.05) is 22.1 Å². The number of nitrogens with one attached hydrogen (secondary N) is 1. The summed E-state index contributed by atoms with van der Waals surface area (Å²) in [6, 6.07) is 0.0525. The predicted molar refractivity (Wildman–Crippen MR) is 71.8 cm³/mol. The van der Waals surface area contributed by atoms with Crippen molar-refractivity contribution in [2.24, 2.45) is 0 Å². The number of hydrogen-bond acceptors (Lipinski definition) is 3. The van der Waals surface area contributed by atoms with Crippen LogP contribution in [0.1, 0.15) is 47.0 Å². The standard InChI is InChI=1S/C12H23NO4S/c1-5-6-8(2)13-12(16)10(4)18(17)9(3)7-11(14)15/h8-10H,5-7H2,1-4H3,(H,13,16)(H,14,15). The van der Waals surface area contributed by atoms with Gasteiger partial charge in [-0.1, -0.05) is 20.3 Å². The maximum Gasteiger partial charge on any atom is 0.304 e. The highest BCUT2D eigenvalue weighted by atomic mass is 32.2. The lowest BCUT2D eigenvalue weighted by molar-refractivity contribution is -0.137. The molecule has 4 atom stereocenters. The summed E-state index contributed by atoms with van der Waals surface area (Å²) in [5.41, 5.74) is 0. The Bertz CT molecular complexity index is 319. The fourth-order valence-corrected chi connectivity index (χ4v) is 2.93. The van der Waals surface area contributed by atoms with E-state index >= 15 is 0 Å². The molecule has 1 amide bonds. The molecule has 0 saturated heterocycles. The summed E-state index contributed by atoms with van der Waals surface area (Å²) < 4.78 is 11.9. The van der Waals surface area contributed by atoms with Gasteiger partial charge < -0.3 is 10.4 Å². The smallest absolute Gasteiger partial charge is 0.304 e. The summed E-state index contributed by atoms with van der Waals surface area (Å²) >= 11 is 0. The van der Waals surface area contributed by atoms with Gasteiger partial charge in [0.2, 0.25) is 5.91 Å². The van der Waals surface area contributed by atoms with E-state index in [-0.39, 0.29) is 18.4 Å². The van der Waals surface area contributed by atoms with Crippen molar-refractivity contribution in [3.63, 3.8) is 0 Å². The normalized spacial score (nSPS) is 17.6. The number of hydrogen-bond donors (Lipinski definition) is 2. The molecule has 0 heterocycles. The van der Waals surface area contributed by atoms with Crippen LogP contribution in [0.5, 0.6) is 0 Å². The molecular formula is C12H23NO4S. The first-order chi connectivity index (χ1) is 8.29. The van der Waals surface area contributed by atoms with Crippen LogP contribution in [0, 0.1) is 0 Å². The highest BCUT2D eigenvalue weighted by Crippen LogP contribution is 2.09. The van der Waals surface area contributed by atoms with Gasteiger partial charge in [-0.15, -0.1) is 0 Å². The van der Waals surface area contributed by atoms with Crippen molar-refractivity contribution in [2.75, 3.05) is 0 Å². The highest BCUT2D eigenvalue weighted by Gasteiger charge is 2.26. The minimum Gasteiger partial charge on any atom is -0.481 e. The average molecular weight is 277 g/mol. The topological polar surface area (TPSA) is 83.5 Å². The van der Waals surface area contributed by atoms with E-state index in [1.54, 1.807) is 13.8 Å². The predicted octanol–water partition coefficient (Wildman–Crippen LogP) is 1.29. The van der Waals surface area contributed by atoms with E-state index < -0.39 is 27.3 Å². The first kappa shape index (κ1) is 17.1. The molecule has 0 aromatic rings. The number of carbonyl (C=O) groups is 2. The zero-order valence-electron chi connectivity index (χ0n) is 11.4. The molecule has 5 nitrogen and oxygen atoms in total. The molecular weight excluding hydrogens is 254 g/mol. The summed E-state index contributed by atoms with van der Waals surface area (Å²) in [5, 5.41) is 10.2. The molecule has 0 aromatic carbocycles. The third kappa shape index (κ3) is 6.14. The summed E-state index contributed by atoms with van der Waals surface area (Å²) in [6.45, 7) is 7.09. The Hall–Kier alpha value is -0.910. The lowest BCUT2D eigenvalue weighted by Crippen LogP contribution is -2.42. The summed E-state index contributed by atoms with van der Waals surface area (Å²) in [4.78, 5) is 22.3. The third-order valence-corrected chi connectivity index (χ3v) is 4.56. The number of carboxylic acids is 1. The Morgan fingerprint density at radius 2 is 1.83 bits per heavy atom. The third-order valence-electron chi connectivity index (χ3n) is 2.69. The van der Waals surface area contributed by atoms with Crippen LogP contribution in [0.15, 0.2) is 0 Å². The molecule has 0 fully saturated rings. The number of rotatable bonds is 8.